The molecule has 0 atom stereocenters. The summed E-state index contributed by atoms with van der Waals surface area (Å²) >= 11 is 0. The molecule has 1 fully saturated rings. The molecule has 4 nitrogen and oxygen atoms in total. The number of carbonyl (C=O) groups is 1. The molecule has 0 bridgehead atoms. The van der Waals surface area contributed by atoms with Gasteiger partial charge in [0.15, 0.2) is 0 Å². The lowest BCUT2D eigenvalue weighted by Gasteiger charge is -2.11. The second-order valence-electron chi connectivity index (χ2n) is 5.18. The minimum Gasteiger partial charge on any atom is -0.343 e. The Bertz CT molecular complexity index is 597. The van der Waals surface area contributed by atoms with Crippen molar-refractivity contribution in [3.05, 3.63) is 47.8 Å². The minimum absolute atomic E-state index is 0.0109. The summed E-state index contributed by atoms with van der Waals surface area (Å²) in [4.78, 5) is 13.9. The second-order valence-corrected chi connectivity index (χ2v) is 5.18. The van der Waals surface area contributed by atoms with Gasteiger partial charge in [0, 0.05) is 20.0 Å². The van der Waals surface area contributed by atoms with Gasteiger partial charge in [0.2, 0.25) is 0 Å². The minimum atomic E-state index is -0.0109. The van der Waals surface area contributed by atoms with Crippen molar-refractivity contribution in [2.75, 3.05) is 14.1 Å². The number of amides is 1. The van der Waals surface area contributed by atoms with Gasteiger partial charge in [-0.1, -0.05) is 18.2 Å². The zero-order valence-corrected chi connectivity index (χ0v) is 11.2. The van der Waals surface area contributed by atoms with Crippen LogP contribution in [0.1, 0.15) is 34.9 Å². The van der Waals surface area contributed by atoms with Gasteiger partial charge in [-0.2, -0.15) is 5.10 Å². The molecule has 3 rings (SSSR count). The number of benzene rings is 1. The van der Waals surface area contributed by atoms with E-state index in [1.54, 1.807) is 23.7 Å². The molecule has 1 saturated carbocycles. The predicted molar refractivity (Wildman–Crippen MR) is 73.6 cm³/mol. The fraction of sp³-hybridized carbons (Fsp3) is 0.333. The van der Waals surface area contributed by atoms with E-state index >= 15 is 0 Å². The first kappa shape index (κ1) is 12.0. The molecule has 1 aromatic heterocycles. The van der Waals surface area contributed by atoms with E-state index in [1.807, 2.05) is 36.4 Å². The number of hydrogen-bond donors (Lipinski definition) is 0. The maximum atomic E-state index is 12.3. The zero-order valence-electron chi connectivity index (χ0n) is 11.2. The van der Waals surface area contributed by atoms with Crippen molar-refractivity contribution in [1.82, 2.24) is 14.7 Å². The standard InChI is InChI=1S/C15H17N3O/c1-17(2)15(19)14-10-13(11-8-9-11)16-18(14)12-6-4-3-5-7-12/h3-7,10-11H,8-9H2,1-2H3. The number of para-hydroxylation sites is 1. The zero-order chi connectivity index (χ0) is 13.4. The maximum absolute atomic E-state index is 12.3. The summed E-state index contributed by atoms with van der Waals surface area (Å²) < 4.78 is 1.76. The van der Waals surface area contributed by atoms with Crippen molar-refractivity contribution in [2.24, 2.45) is 0 Å². The first-order valence-electron chi connectivity index (χ1n) is 6.54. The lowest BCUT2D eigenvalue weighted by molar-refractivity contribution is 0.0819. The average molecular weight is 255 g/mol. The van der Waals surface area contributed by atoms with E-state index in [0.29, 0.717) is 11.6 Å². The maximum Gasteiger partial charge on any atom is 0.272 e. The Labute approximate surface area is 112 Å². The van der Waals surface area contributed by atoms with Gasteiger partial charge < -0.3 is 4.90 Å². The van der Waals surface area contributed by atoms with E-state index in [-0.39, 0.29) is 5.91 Å². The number of rotatable bonds is 3. The predicted octanol–water partition coefficient (Wildman–Crippen LogP) is 2.45. The Morgan fingerprint density at radius 1 is 1.26 bits per heavy atom. The molecule has 1 aliphatic rings. The van der Waals surface area contributed by atoms with E-state index in [0.717, 1.165) is 11.4 Å². The van der Waals surface area contributed by atoms with Crippen molar-refractivity contribution >= 4 is 5.91 Å². The van der Waals surface area contributed by atoms with Crippen LogP contribution in [0.3, 0.4) is 0 Å². The number of nitrogens with zero attached hydrogens (tertiary/aromatic N) is 3. The molecule has 98 valence electrons. The summed E-state index contributed by atoms with van der Waals surface area (Å²) in [6.45, 7) is 0. The third kappa shape index (κ3) is 2.26. The van der Waals surface area contributed by atoms with Crippen LogP contribution in [0.25, 0.3) is 5.69 Å². The Balaban J connectivity index is 2.08. The van der Waals surface area contributed by atoms with Crippen LogP contribution < -0.4 is 0 Å². The molecule has 0 radical (unpaired) electrons. The fourth-order valence-corrected chi connectivity index (χ4v) is 2.13. The molecular formula is C15H17N3O. The third-order valence-corrected chi connectivity index (χ3v) is 3.35. The molecule has 19 heavy (non-hydrogen) atoms. The van der Waals surface area contributed by atoms with E-state index in [1.165, 1.54) is 12.8 Å². The average Bonchev–Trinajstić information content (AvgIpc) is 3.18. The summed E-state index contributed by atoms with van der Waals surface area (Å²) in [5.41, 5.74) is 2.60. The van der Waals surface area contributed by atoms with Crippen LogP contribution in [-0.2, 0) is 0 Å². The van der Waals surface area contributed by atoms with Crippen LogP contribution in [0.15, 0.2) is 36.4 Å². The molecule has 1 aliphatic carbocycles. The topological polar surface area (TPSA) is 38.1 Å². The molecule has 1 aromatic carbocycles. The first-order valence-corrected chi connectivity index (χ1v) is 6.54. The van der Waals surface area contributed by atoms with Crippen molar-refractivity contribution in [2.45, 2.75) is 18.8 Å². The van der Waals surface area contributed by atoms with Crippen molar-refractivity contribution in [3.8, 4) is 5.69 Å². The van der Waals surface area contributed by atoms with Crippen molar-refractivity contribution in [3.63, 3.8) is 0 Å². The summed E-state index contributed by atoms with van der Waals surface area (Å²) in [5.74, 6) is 0.530. The molecular weight excluding hydrogens is 238 g/mol. The molecule has 1 amide bonds. The van der Waals surface area contributed by atoms with Crippen molar-refractivity contribution in [1.29, 1.82) is 0 Å². The molecule has 4 heteroatoms. The van der Waals surface area contributed by atoms with Gasteiger partial charge in [0.25, 0.3) is 5.91 Å². The van der Waals surface area contributed by atoms with Gasteiger partial charge >= 0.3 is 0 Å². The van der Waals surface area contributed by atoms with Crippen LogP contribution in [-0.4, -0.2) is 34.7 Å². The van der Waals surface area contributed by atoms with E-state index in [4.69, 9.17) is 0 Å². The van der Waals surface area contributed by atoms with Crippen LogP contribution in [0.4, 0.5) is 0 Å². The van der Waals surface area contributed by atoms with Crippen molar-refractivity contribution < 1.29 is 4.79 Å². The highest BCUT2D eigenvalue weighted by atomic mass is 16.2. The molecule has 0 aliphatic heterocycles. The molecule has 0 spiro atoms. The Morgan fingerprint density at radius 2 is 1.95 bits per heavy atom. The van der Waals surface area contributed by atoms with Crippen LogP contribution >= 0.6 is 0 Å². The molecule has 0 N–H and O–H groups in total. The third-order valence-electron chi connectivity index (χ3n) is 3.35. The van der Waals surface area contributed by atoms with E-state index < -0.39 is 0 Å². The van der Waals surface area contributed by atoms with Gasteiger partial charge in [-0.15, -0.1) is 0 Å². The Hall–Kier alpha value is -2.10. The van der Waals surface area contributed by atoms with E-state index in [9.17, 15) is 4.79 Å². The summed E-state index contributed by atoms with van der Waals surface area (Å²) in [5, 5.41) is 4.62. The summed E-state index contributed by atoms with van der Waals surface area (Å²) in [6, 6.07) is 11.7. The molecule has 0 unspecified atom stereocenters. The summed E-state index contributed by atoms with van der Waals surface area (Å²) in [6.07, 6.45) is 2.36. The normalized spacial score (nSPS) is 14.4. The van der Waals surface area contributed by atoms with Gasteiger partial charge in [0.05, 0.1) is 11.4 Å². The van der Waals surface area contributed by atoms with Crippen LogP contribution in [0.2, 0.25) is 0 Å². The van der Waals surface area contributed by atoms with E-state index in [2.05, 4.69) is 5.10 Å². The number of hydrogen-bond acceptors (Lipinski definition) is 2. The number of carbonyl (C=O) groups excluding carboxylic acids is 1. The lowest BCUT2D eigenvalue weighted by atomic mass is 10.2. The highest BCUT2D eigenvalue weighted by Crippen LogP contribution is 2.39. The largest absolute Gasteiger partial charge is 0.343 e. The molecule has 0 saturated heterocycles. The highest BCUT2D eigenvalue weighted by molar-refractivity contribution is 5.93. The molecule has 2 aromatic rings. The van der Waals surface area contributed by atoms with Gasteiger partial charge in [-0.05, 0) is 31.0 Å². The quantitative estimate of drug-likeness (QED) is 0.845. The summed E-state index contributed by atoms with van der Waals surface area (Å²) in [7, 11) is 3.53. The Kier molecular flexibility index (Phi) is 2.85. The lowest BCUT2D eigenvalue weighted by Crippen LogP contribution is -2.24. The van der Waals surface area contributed by atoms with Gasteiger partial charge in [-0.25, -0.2) is 4.68 Å². The highest BCUT2D eigenvalue weighted by Gasteiger charge is 2.29. The van der Waals surface area contributed by atoms with Crippen LogP contribution in [0.5, 0.6) is 0 Å². The first-order chi connectivity index (χ1) is 9.16. The molecule has 1 heterocycles. The fourth-order valence-electron chi connectivity index (χ4n) is 2.13. The SMILES string of the molecule is CN(C)C(=O)c1cc(C2CC2)nn1-c1ccccc1. The monoisotopic (exact) mass is 255 g/mol. The Morgan fingerprint density at radius 3 is 2.53 bits per heavy atom. The van der Waals surface area contributed by atoms with Crippen LogP contribution in [0, 0.1) is 0 Å². The smallest absolute Gasteiger partial charge is 0.272 e. The number of aromatic nitrogens is 2. The second kappa shape index (κ2) is 4.53. The van der Waals surface area contributed by atoms with Gasteiger partial charge in [-0.3, -0.25) is 4.79 Å². The van der Waals surface area contributed by atoms with Gasteiger partial charge in [0.1, 0.15) is 5.69 Å².